The minimum Gasteiger partial charge on any atom is -0.256 e. The summed E-state index contributed by atoms with van der Waals surface area (Å²) in [6, 6.07) is 55.1. The maximum atomic E-state index is 5.16. The fourth-order valence-corrected chi connectivity index (χ4v) is 6.47. The summed E-state index contributed by atoms with van der Waals surface area (Å²) in [6.07, 6.45) is 3.66. The molecular formula is C44H28N4. The molecule has 0 aliphatic heterocycles. The van der Waals surface area contributed by atoms with Crippen LogP contribution in [0.1, 0.15) is 0 Å². The van der Waals surface area contributed by atoms with Gasteiger partial charge >= 0.3 is 0 Å². The molecule has 48 heavy (non-hydrogen) atoms. The molecule has 6 aromatic carbocycles. The molecule has 3 heterocycles. The van der Waals surface area contributed by atoms with Crippen LogP contribution in [0.15, 0.2) is 170 Å². The largest absolute Gasteiger partial charge is 0.256 e. The lowest BCUT2D eigenvalue weighted by Crippen LogP contribution is -1.96. The number of hydrogen-bond acceptors (Lipinski definition) is 4. The van der Waals surface area contributed by atoms with Crippen LogP contribution in [0.3, 0.4) is 0 Å². The van der Waals surface area contributed by atoms with Gasteiger partial charge in [-0.3, -0.25) is 9.97 Å². The maximum absolute atomic E-state index is 5.16. The first-order valence-electron chi connectivity index (χ1n) is 16.0. The molecule has 0 fully saturated rings. The molecule has 0 aliphatic rings. The van der Waals surface area contributed by atoms with E-state index in [-0.39, 0.29) is 0 Å². The SMILES string of the molecule is c1cnc2ccc(-c3ccc(-c4cc(-c5cccc6ccccc56)nc(-c5ccc(-c6ccc7ncccc7c6)cc5)n4)cc3)cc2c1. The summed E-state index contributed by atoms with van der Waals surface area (Å²) in [5.74, 6) is 0.691. The van der Waals surface area contributed by atoms with Gasteiger partial charge in [-0.05, 0) is 75.5 Å². The Balaban J connectivity index is 1.13. The van der Waals surface area contributed by atoms with Gasteiger partial charge in [0.25, 0.3) is 0 Å². The lowest BCUT2D eigenvalue weighted by Gasteiger charge is -2.12. The molecule has 0 amide bonds. The van der Waals surface area contributed by atoms with Crippen LogP contribution in [0.2, 0.25) is 0 Å². The topological polar surface area (TPSA) is 51.6 Å². The van der Waals surface area contributed by atoms with Crippen molar-refractivity contribution in [2.24, 2.45) is 0 Å². The Morgan fingerprint density at radius 1 is 0.333 bits per heavy atom. The van der Waals surface area contributed by atoms with E-state index in [0.717, 1.165) is 77.5 Å². The number of hydrogen-bond donors (Lipinski definition) is 0. The monoisotopic (exact) mass is 612 g/mol. The van der Waals surface area contributed by atoms with Crippen molar-refractivity contribution in [2.45, 2.75) is 0 Å². The highest BCUT2D eigenvalue weighted by atomic mass is 14.9. The van der Waals surface area contributed by atoms with Crippen LogP contribution in [0.25, 0.3) is 88.7 Å². The van der Waals surface area contributed by atoms with Gasteiger partial charge in [0.2, 0.25) is 0 Å². The molecule has 4 heteroatoms. The van der Waals surface area contributed by atoms with E-state index in [9.17, 15) is 0 Å². The molecule has 0 unspecified atom stereocenters. The standard InChI is InChI=1S/C44H28N4/c1-2-10-38-31(6-1)7-3-11-39(38)43-28-42(32-16-12-29(13-17-32)34-20-22-40-36(26-34)8-4-24-45-40)47-44(48-43)33-18-14-30(15-19-33)35-21-23-41-37(27-35)9-5-25-46-41/h1-28H. The van der Waals surface area contributed by atoms with Crippen molar-refractivity contribution in [2.75, 3.05) is 0 Å². The number of nitrogens with zero attached hydrogens (tertiary/aromatic N) is 4. The van der Waals surface area contributed by atoms with Gasteiger partial charge in [-0.1, -0.05) is 115 Å². The molecule has 0 N–H and O–H groups in total. The molecule has 9 aromatic rings. The van der Waals surface area contributed by atoms with Crippen molar-refractivity contribution in [1.29, 1.82) is 0 Å². The van der Waals surface area contributed by atoms with Crippen LogP contribution in [-0.2, 0) is 0 Å². The minimum absolute atomic E-state index is 0.691. The molecule has 0 atom stereocenters. The zero-order chi connectivity index (χ0) is 31.9. The van der Waals surface area contributed by atoms with E-state index in [1.165, 1.54) is 5.39 Å². The lowest BCUT2D eigenvalue weighted by atomic mass is 9.98. The highest BCUT2D eigenvalue weighted by Gasteiger charge is 2.14. The summed E-state index contributed by atoms with van der Waals surface area (Å²) < 4.78 is 0. The summed E-state index contributed by atoms with van der Waals surface area (Å²) >= 11 is 0. The summed E-state index contributed by atoms with van der Waals surface area (Å²) in [7, 11) is 0. The van der Waals surface area contributed by atoms with Crippen molar-refractivity contribution >= 4 is 32.6 Å². The molecular weight excluding hydrogens is 585 g/mol. The zero-order valence-electron chi connectivity index (χ0n) is 26.0. The van der Waals surface area contributed by atoms with Crippen molar-refractivity contribution in [1.82, 2.24) is 19.9 Å². The molecule has 0 spiro atoms. The van der Waals surface area contributed by atoms with Crippen LogP contribution in [-0.4, -0.2) is 19.9 Å². The number of benzene rings is 6. The van der Waals surface area contributed by atoms with Crippen molar-refractivity contribution in [3.8, 4) is 56.2 Å². The van der Waals surface area contributed by atoms with Crippen LogP contribution in [0, 0.1) is 0 Å². The van der Waals surface area contributed by atoms with Gasteiger partial charge in [-0.25, -0.2) is 9.97 Å². The molecule has 3 aromatic heterocycles. The molecule has 0 aliphatic carbocycles. The summed E-state index contributed by atoms with van der Waals surface area (Å²) in [6.45, 7) is 0. The van der Waals surface area contributed by atoms with Crippen LogP contribution in [0.5, 0.6) is 0 Å². The zero-order valence-corrected chi connectivity index (χ0v) is 26.0. The second-order valence-electron chi connectivity index (χ2n) is 12.0. The lowest BCUT2D eigenvalue weighted by molar-refractivity contribution is 1.18. The Bertz CT molecular complexity index is 2460. The summed E-state index contributed by atoms with van der Waals surface area (Å²) in [5.41, 5.74) is 11.4. The molecule has 0 saturated heterocycles. The first kappa shape index (κ1) is 27.8. The minimum atomic E-state index is 0.691. The van der Waals surface area contributed by atoms with Crippen molar-refractivity contribution in [3.63, 3.8) is 0 Å². The third kappa shape index (κ3) is 5.16. The third-order valence-corrected chi connectivity index (χ3v) is 8.99. The Hall–Kier alpha value is -6.52. The van der Waals surface area contributed by atoms with Gasteiger partial charge < -0.3 is 0 Å². The van der Waals surface area contributed by atoms with E-state index in [0.29, 0.717) is 5.82 Å². The van der Waals surface area contributed by atoms with E-state index >= 15 is 0 Å². The predicted molar refractivity (Wildman–Crippen MR) is 197 cm³/mol. The van der Waals surface area contributed by atoms with Gasteiger partial charge in [-0.2, -0.15) is 0 Å². The number of aromatic nitrogens is 4. The molecule has 0 bridgehead atoms. The number of rotatable bonds is 5. The Kier molecular flexibility index (Phi) is 6.76. The average molecular weight is 613 g/mol. The normalized spacial score (nSPS) is 11.3. The number of pyridine rings is 2. The Morgan fingerprint density at radius 3 is 1.52 bits per heavy atom. The van der Waals surface area contributed by atoms with Crippen molar-refractivity contribution < 1.29 is 0 Å². The second-order valence-corrected chi connectivity index (χ2v) is 12.0. The first-order valence-corrected chi connectivity index (χ1v) is 16.0. The highest BCUT2D eigenvalue weighted by Crippen LogP contribution is 2.34. The Labute approximate surface area is 278 Å². The summed E-state index contributed by atoms with van der Waals surface area (Å²) in [5, 5.41) is 4.60. The van der Waals surface area contributed by atoms with E-state index in [1.54, 1.807) is 0 Å². The molecule has 0 saturated carbocycles. The van der Waals surface area contributed by atoms with Gasteiger partial charge in [0.05, 0.1) is 22.4 Å². The average Bonchev–Trinajstić information content (AvgIpc) is 3.17. The van der Waals surface area contributed by atoms with Gasteiger partial charge in [-0.15, -0.1) is 0 Å². The second kappa shape index (κ2) is 11.7. The van der Waals surface area contributed by atoms with Gasteiger partial charge in [0, 0.05) is 39.9 Å². The first-order chi connectivity index (χ1) is 23.7. The smallest absolute Gasteiger partial charge is 0.160 e. The Morgan fingerprint density at radius 2 is 0.854 bits per heavy atom. The van der Waals surface area contributed by atoms with Crippen LogP contribution < -0.4 is 0 Å². The fraction of sp³-hybridized carbons (Fsp3) is 0. The van der Waals surface area contributed by atoms with E-state index < -0.39 is 0 Å². The van der Waals surface area contributed by atoms with Gasteiger partial charge in [0.15, 0.2) is 5.82 Å². The van der Waals surface area contributed by atoms with Gasteiger partial charge in [0.1, 0.15) is 0 Å². The molecule has 4 nitrogen and oxygen atoms in total. The fourth-order valence-electron chi connectivity index (χ4n) is 6.47. The maximum Gasteiger partial charge on any atom is 0.160 e. The van der Waals surface area contributed by atoms with Crippen molar-refractivity contribution in [3.05, 3.63) is 170 Å². The quantitative estimate of drug-likeness (QED) is 0.194. The van der Waals surface area contributed by atoms with Crippen LogP contribution in [0.4, 0.5) is 0 Å². The van der Waals surface area contributed by atoms with E-state index in [2.05, 4.69) is 156 Å². The van der Waals surface area contributed by atoms with E-state index in [4.69, 9.17) is 9.97 Å². The third-order valence-electron chi connectivity index (χ3n) is 8.99. The molecule has 0 radical (unpaired) electrons. The van der Waals surface area contributed by atoms with E-state index in [1.807, 2.05) is 24.5 Å². The molecule has 9 rings (SSSR count). The highest BCUT2D eigenvalue weighted by molar-refractivity contribution is 5.96. The number of fused-ring (bicyclic) bond motifs is 3. The summed E-state index contributed by atoms with van der Waals surface area (Å²) in [4.78, 5) is 19.2. The predicted octanol–water partition coefficient (Wildman–Crippen LogP) is 11.1. The van der Waals surface area contributed by atoms with Crippen LogP contribution >= 0.6 is 0 Å². The molecule has 224 valence electrons.